The van der Waals surface area contributed by atoms with Gasteiger partial charge in [0.1, 0.15) is 0 Å². The molecule has 0 atom stereocenters. The third-order valence-corrected chi connectivity index (χ3v) is 5.65. The van der Waals surface area contributed by atoms with Crippen molar-refractivity contribution in [2.24, 2.45) is 0 Å². The molecule has 0 spiro atoms. The number of hydrogen-bond donors (Lipinski definition) is 1. The zero-order valence-corrected chi connectivity index (χ0v) is 17.3. The molecule has 0 bridgehead atoms. The fourth-order valence-electron chi connectivity index (χ4n) is 3.28. The minimum Gasteiger partial charge on any atom is -0.325 e. The lowest BCUT2D eigenvalue weighted by Crippen LogP contribution is -2.48. The molecule has 1 amide bonds. The van der Waals surface area contributed by atoms with Crippen LogP contribution in [0.3, 0.4) is 0 Å². The van der Waals surface area contributed by atoms with Crippen molar-refractivity contribution in [2.75, 3.05) is 38.0 Å². The second kappa shape index (κ2) is 9.07. The number of piperazine rings is 1. The lowest BCUT2D eigenvalue weighted by Gasteiger charge is -2.34. The fraction of sp³-hybridized carbons (Fsp3) is 0.381. The number of nitrogens with zero attached hydrogens (tertiary/aromatic N) is 2. The van der Waals surface area contributed by atoms with Gasteiger partial charge in [-0.25, -0.2) is 0 Å². The first-order chi connectivity index (χ1) is 12.9. The van der Waals surface area contributed by atoms with Crippen LogP contribution >= 0.6 is 23.2 Å². The van der Waals surface area contributed by atoms with Crippen molar-refractivity contribution >= 4 is 34.8 Å². The van der Waals surface area contributed by atoms with Crippen molar-refractivity contribution in [1.82, 2.24) is 9.80 Å². The van der Waals surface area contributed by atoms with Crippen LogP contribution in [0.15, 0.2) is 36.4 Å². The lowest BCUT2D eigenvalue weighted by atomic mass is 10.1. The van der Waals surface area contributed by atoms with Crippen molar-refractivity contribution in [3.05, 3.63) is 63.1 Å². The number of amides is 1. The Bertz CT molecular complexity index is 797. The van der Waals surface area contributed by atoms with Crippen molar-refractivity contribution in [1.29, 1.82) is 0 Å². The Morgan fingerprint density at radius 2 is 1.63 bits per heavy atom. The smallest absolute Gasteiger partial charge is 0.238 e. The first kappa shape index (κ1) is 20.2. The van der Waals surface area contributed by atoms with Gasteiger partial charge in [-0.05, 0) is 43.2 Å². The SMILES string of the molecule is Cc1ccc(C)c(NC(=O)CN2CCN(Cc3c(Cl)cccc3Cl)CC2)c1. The Labute approximate surface area is 171 Å². The quantitative estimate of drug-likeness (QED) is 0.801. The number of benzene rings is 2. The molecule has 2 aromatic rings. The summed E-state index contributed by atoms with van der Waals surface area (Å²) in [6.07, 6.45) is 0. The molecule has 1 heterocycles. The highest BCUT2D eigenvalue weighted by Gasteiger charge is 2.20. The van der Waals surface area contributed by atoms with Gasteiger partial charge in [-0.1, -0.05) is 41.4 Å². The minimum atomic E-state index is 0.0336. The van der Waals surface area contributed by atoms with Crippen LogP contribution < -0.4 is 5.32 Å². The maximum Gasteiger partial charge on any atom is 0.238 e. The number of nitrogens with one attached hydrogen (secondary N) is 1. The highest BCUT2D eigenvalue weighted by atomic mass is 35.5. The second-order valence-electron chi connectivity index (χ2n) is 7.12. The number of anilines is 1. The summed E-state index contributed by atoms with van der Waals surface area (Å²) >= 11 is 12.5. The number of aryl methyl sites for hydroxylation is 2. The summed E-state index contributed by atoms with van der Waals surface area (Å²) in [5.74, 6) is 0.0336. The Morgan fingerprint density at radius 3 is 2.30 bits per heavy atom. The van der Waals surface area contributed by atoms with E-state index >= 15 is 0 Å². The van der Waals surface area contributed by atoms with E-state index < -0.39 is 0 Å². The predicted octanol–water partition coefficient (Wildman–Crippen LogP) is 4.37. The molecule has 144 valence electrons. The van der Waals surface area contributed by atoms with E-state index in [0.29, 0.717) is 16.6 Å². The average Bonchev–Trinajstić information content (AvgIpc) is 2.63. The molecule has 1 aliphatic heterocycles. The van der Waals surface area contributed by atoms with Crippen molar-refractivity contribution in [3.63, 3.8) is 0 Å². The van der Waals surface area contributed by atoms with E-state index in [4.69, 9.17) is 23.2 Å². The zero-order chi connectivity index (χ0) is 19.4. The van der Waals surface area contributed by atoms with Crippen LogP contribution in [-0.4, -0.2) is 48.4 Å². The van der Waals surface area contributed by atoms with Gasteiger partial charge < -0.3 is 5.32 Å². The molecule has 4 nitrogen and oxygen atoms in total. The Balaban J connectivity index is 1.49. The molecule has 3 rings (SSSR count). The zero-order valence-electron chi connectivity index (χ0n) is 15.8. The van der Waals surface area contributed by atoms with E-state index in [0.717, 1.165) is 55.1 Å². The molecule has 0 radical (unpaired) electrons. The summed E-state index contributed by atoms with van der Waals surface area (Å²) < 4.78 is 0. The molecule has 1 saturated heterocycles. The molecule has 0 aliphatic carbocycles. The average molecular weight is 406 g/mol. The molecule has 6 heteroatoms. The van der Waals surface area contributed by atoms with Gasteiger partial charge in [0.05, 0.1) is 6.54 Å². The van der Waals surface area contributed by atoms with Crippen LogP contribution in [0.4, 0.5) is 5.69 Å². The summed E-state index contributed by atoms with van der Waals surface area (Å²) in [5.41, 5.74) is 4.09. The predicted molar refractivity (Wildman–Crippen MR) is 113 cm³/mol. The number of hydrogen-bond acceptors (Lipinski definition) is 3. The summed E-state index contributed by atoms with van der Waals surface area (Å²) in [6.45, 7) is 8.66. The van der Waals surface area contributed by atoms with E-state index in [1.54, 1.807) is 0 Å². The standard InChI is InChI=1S/C21H25Cl2N3O/c1-15-6-7-16(2)20(12-15)24-21(27)14-26-10-8-25(9-11-26)13-17-18(22)4-3-5-19(17)23/h3-7,12H,8-11,13-14H2,1-2H3,(H,24,27). The van der Waals surface area contributed by atoms with E-state index in [-0.39, 0.29) is 5.91 Å². The Kier molecular flexibility index (Phi) is 6.77. The number of rotatable bonds is 5. The van der Waals surface area contributed by atoms with Crippen molar-refractivity contribution in [2.45, 2.75) is 20.4 Å². The molecule has 27 heavy (non-hydrogen) atoms. The first-order valence-electron chi connectivity index (χ1n) is 9.17. The third kappa shape index (κ3) is 5.45. The van der Waals surface area contributed by atoms with Gasteiger partial charge >= 0.3 is 0 Å². The van der Waals surface area contributed by atoms with Gasteiger partial charge in [0, 0.05) is 54.0 Å². The Hall–Kier alpha value is -1.59. The fourth-order valence-corrected chi connectivity index (χ4v) is 3.79. The number of carbonyl (C=O) groups is 1. The molecular formula is C21H25Cl2N3O. The van der Waals surface area contributed by atoms with Crippen LogP contribution in [-0.2, 0) is 11.3 Å². The molecule has 2 aromatic carbocycles. The summed E-state index contributed by atoms with van der Waals surface area (Å²) in [4.78, 5) is 16.9. The van der Waals surface area contributed by atoms with Crippen LogP contribution in [0, 0.1) is 13.8 Å². The van der Waals surface area contributed by atoms with Crippen LogP contribution in [0.25, 0.3) is 0 Å². The normalized spacial score (nSPS) is 15.7. The number of carbonyl (C=O) groups excluding carboxylic acids is 1. The largest absolute Gasteiger partial charge is 0.325 e. The highest BCUT2D eigenvalue weighted by Crippen LogP contribution is 2.26. The molecule has 0 unspecified atom stereocenters. The van der Waals surface area contributed by atoms with E-state index in [1.165, 1.54) is 0 Å². The number of halogens is 2. The van der Waals surface area contributed by atoms with Crippen LogP contribution in [0.5, 0.6) is 0 Å². The van der Waals surface area contributed by atoms with Gasteiger partial charge in [0.15, 0.2) is 0 Å². The van der Waals surface area contributed by atoms with Crippen LogP contribution in [0.1, 0.15) is 16.7 Å². The van der Waals surface area contributed by atoms with E-state index in [9.17, 15) is 4.79 Å². The molecule has 0 saturated carbocycles. The molecule has 0 aromatic heterocycles. The maximum absolute atomic E-state index is 12.4. The van der Waals surface area contributed by atoms with Gasteiger partial charge in [-0.2, -0.15) is 0 Å². The second-order valence-corrected chi connectivity index (χ2v) is 7.93. The van der Waals surface area contributed by atoms with E-state index in [1.807, 2.05) is 44.2 Å². The summed E-state index contributed by atoms with van der Waals surface area (Å²) in [6, 6.07) is 11.7. The first-order valence-corrected chi connectivity index (χ1v) is 9.92. The molecule has 1 fully saturated rings. The van der Waals surface area contributed by atoms with Gasteiger partial charge in [-0.15, -0.1) is 0 Å². The summed E-state index contributed by atoms with van der Waals surface area (Å²) in [7, 11) is 0. The lowest BCUT2D eigenvalue weighted by molar-refractivity contribution is -0.117. The molecule has 1 N–H and O–H groups in total. The van der Waals surface area contributed by atoms with Crippen LogP contribution in [0.2, 0.25) is 10.0 Å². The van der Waals surface area contributed by atoms with Gasteiger partial charge in [0.25, 0.3) is 0 Å². The topological polar surface area (TPSA) is 35.6 Å². The van der Waals surface area contributed by atoms with Gasteiger partial charge in [-0.3, -0.25) is 14.6 Å². The van der Waals surface area contributed by atoms with E-state index in [2.05, 4.69) is 21.2 Å². The molecule has 1 aliphatic rings. The Morgan fingerprint density at radius 1 is 1.00 bits per heavy atom. The highest BCUT2D eigenvalue weighted by molar-refractivity contribution is 6.35. The third-order valence-electron chi connectivity index (χ3n) is 4.94. The van der Waals surface area contributed by atoms with Gasteiger partial charge in [0.2, 0.25) is 5.91 Å². The molecular weight excluding hydrogens is 381 g/mol. The minimum absolute atomic E-state index is 0.0336. The maximum atomic E-state index is 12.4. The van der Waals surface area contributed by atoms with Crippen molar-refractivity contribution in [3.8, 4) is 0 Å². The van der Waals surface area contributed by atoms with Crippen molar-refractivity contribution < 1.29 is 4.79 Å². The monoisotopic (exact) mass is 405 g/mol. The summed E-state index contributed by atoms with van der Waals surface area (Å²) in [5, 5.41) is 4.45.